The first-order valence-electron chi connectivity index (χ1n) is 7.56. The molecule has 1 N–H and O–H groups in total. The van der Waals surface area contributed by atoms with Crippen LogP contribution in [0, 0.1) is 0 Å². The molecule has 0 saturated carbocycles. The number of anilines is 1. The van der Waals surface area contributed by atoms with E-state index >= 15 is 0 Å². The largest absolute Gasteiger partial charge is 0.337 e. The number of rotatable bonds is 1. The van der Waals surface area contributed by atoms with Gasteiger partial charge in [0.1, 0.15) is 0 Å². The number of para-hydroxylation sites is 1. The summed E-state index contributed by atoms with van der Waals surface area (Å²) in [6.07, 6.45) is 0.662. The Morgan fingerprint density at radius 1 is 1.17 bits per heavy atom. The normalized spacial score (nSPS) is 22.3. The van der Waals surface area contributed by atoms with Crippen LogP contribution in [0.4, 0.5) is 5.69 Å². The Bertz CT molecular complexity index is 820. The standard InChI is InChI=1S/C18H15BrN2O2/c19-13-5-3-4-12(10-13)16(22)21-9-8-18(11-21)14-6-1-2-7-15(14)20-17(18)23/h1-7,10H,8-9,11H2,(H,20,23)/t18-/m0/s1. The average molecular weight is 371 g/mol. The van der Waals surface area contributed by atoms with Gasteiger partial charge in [-0.25, -0.2) is 0 Å². The quantitative estimate of drug-likeness (QED) is 0.837. The molecule has 2 aliphatic rings. The molecule has 1 spiro atoms. The van der Waals surface area contributed by atoms with Gasteiger partial charge in [0.05, 0.1) is 5.41 Å². The molecule has 2 amide bonds. The lowest BCUT2D eigenvalue weighted by molar-refractivity contribution is -0.120. The smallest absolute Gasteiger partial charge is 0.253 e. The summed E-state index contributed by atoms with van der Waals surface area (Å²) >= 11 is 3.39. The van der Waals surface area contributed by atoms with Crippen molar-refractivity contribution < 1.29 is 9.59 Å². The van der Waals surface area contributed by atoms with E-state index < -0.39 is 5.41 Å². The van der Waals surface area contributed by atoms with E-state index in [1.54, 1.807) is 11.0 Å². The first-order chi connectivity index (χ1) is 11.1. The number of halogens is 1. The first-order valence-corrected chi connectivity index (χ1v) is 8.35. The predicted octanol–water partition coefficient (Wildman–Crippen LogP) is 3.19. The maximum atomic E-state index is 12.7. The van der Waals surface area contributed by atoms with E-state index in [-0.39, 0.29) is 11.8 Å². The Kier molecular flexibility index (Phi) is 3.27. The molecule has 2 aromatic rings. The summed E-state index contributed by atoms with van der Waals surface area (Å²) in [5.41, 5.74) is 1.92. The van der Waals surface area contributed by atoms with Crippen molar-refractivity contribution in [2.45, 2.75) is 11.8 Å². The summed E-state index contributed by atoms with van der Waals surface area (Å²) in [7, 11) is 0. The number of hydrogen-bond donors (Lipinski definition) is 1. The van der Waals surface area contributed by atoms with Crippen molar-refractivity contribution in [2.24, 2.45) is 0 Å². The molecule has 0 unspecified atom stereocenters. The molecule has 1 atom stereocenters. The Morgan fingerprint density at radius 2 is 2.00 bits per heavy atom. The summed E-state index contributed by atoms with van der Waals surface area (Å²) in [4.78, 5) is 27.1. The average Bonchev–Trinajstić information content (AvgIpc) is 3.11. The zero-order valence-corrected chi connectivity index (χ0v) is 14.0. The van der Waals surface area contributed by atoms with Gasteiger partial charge < -0.3 is 10.2 Å². The third-order valence-electron chi connectivity index (χ3n) is 4.75. The van der Waals surface area contributed by atoms with Crippen LogP contribution in [0.25, 0.3) is 0 Å². The van der Waals surface area contributed by atoms with E-state index in [4.69, 9.17) is 0 Å². The van der Waals surface area contributed by atoms with Crippen molar-refractivity contribution in [1.82, 2.24) is 4.90 Å². The van der Waals surface area contributed by atoms with Gasteiger partial charge in [0.15, 0.2) is 0 Å². The SMILES string of the molecule is O=C(c1cccc(Br)c1)N1CC[C@@]2(C1)C(=O)Nc1ccccc12. The molecular weight excluding hydrogens is 356 g/mol. The number of carbonyl (C=O) groups excluding carboxylic acids is 2. The molecule has 0 aromatic heterocycles. The minimum Gasteiger partial charge on any atom is -0.337 e. The second-order valence-electron chi connectivity index (χ2n) is 6.07. The predicted molar refractivity (Wildman–Crippen MR) is 91.4 cm³/mol. The van der Waals surface area contributed by atoms with Gasteiger partial charge in [0.2, 0.25) is 5.91 Å². The lowest BCUT2D eigenvalue weighted by Crippen LogP contribution is -2.39. The molecule has 1 fully saturated rings. The molecule has 0 bridgehead atoms. The molecule has 0 radical (unpaired) electrons. The molecule has 0 aliphatic carbocycles. The molecule has 4 nitrogen and oxygen atoms in total. The number of likely N-dealkylation sites (tertiary alicyclic amines) is 1. The number of nitrogens with zero attached hydrogens (tertiary/aromatic N) is 1. The molecule has 23 heavy (non-hydrogen) atoms. The second-order valence-corrected chi connectivity index (χ2v) is 6.98. The summed E-state index contributed by atoms with van der Waals surface area (Å²) in [5.74, 6) is -0.0244. The number of nitrogens with one attached hydrogen (secondary N) is 1. The van der Waals surface area contributed by atoms with Crippen molar-refractivity contribution in [3.05, 3.63) is 64.1 Å². The Labute approximate surface area is 142 Å². The maximum Gasteiger partial charge on any atom is 0.253 e. The fourth-order valence-electron chi connectivity index (χ4n) is 3.57. The lowest BCUT2D eigenvalue weighted by Gasteiger charge is -2.22. The van der Waals surface area contributed by atoms with Crippen LogP contribution in [-0.2, 0) is 10.2 Å². The Balaban J connectivity index is 1.65. The molecule has 2 aromatic carbocycles. The van der Waals surface area contributed by atoms with Gasteiger partial charge >= 0.3 is 0 Å². The highest BCUT2D eigenvalue weighted by Crippen LogP contribution is 2.44. The van der Waals surface area contributed by atoms with Crippen molar-refractivity contribution in [3.63, 3.8) is 0 Å². The molecule has 2 aliphatic heterocycles. The lowest BCUT2D eigenvalue weighted by atomic mass is 9.81. The summed E-state index contributed by atoms with van der Waals surface area (Å²) in [6, 6.07) is 15.1. The van der Waals surface area contributed by atoms with Crippen LogP contribution in [0.15, 0.2) is 53.0 Å². The van der Waals surface area contributed by atoms with Gasteiger partial charge in [-0.2, -0.15) is 0 Å². The number of fused-ring (bicyclic) bond motifs is 2. The van der Waals surface area contributed by atoms with E-state index in [9.17, 15) is 9.59 Å². The van der Waals surface area contributed by atoms with Crippen LogP contribution in [0.3, 0.4) is 0 Å². The molecule has 5 heteroatoms. The van der Waals surface area contributed by atoms with Gasteiger partial charge in [-0.1, -0.05) is 40.2 Å². The highest BCUT2D eigenvalue weighted by molar-refractivity contribution is 9.10. The third kappa shape index (κ3) is 2.18. The minimum atomic E-state index is -0.599. The van der Waals surface area contributed by atoms with Crippen molar-refractivity contribution in [1.29, 1.82) is 0 Å². The third-order valence-corrected chi connectivity index (χ3v) is 5.25. The van der Waals surface area contributed by atoms with Crippen LogP contribution < -0.4 is 5.32 Å². The topological polar surface area (TPSA) is 49.4 Å². The molecule has 1 saturated heterocycles. The monoisotopic (exact) mass is 370 g/mol. The number of amides is 2. The zero-order valence-electron chi connectivity index (χ0n) is 12.4. The van der Waals surface area contributed by atoms with E-state index in [1.807, 2.05) is 42.5 Å². The highest BCUT2D eigenvalue weighted by Gasteiger charge is 2.51. The fourth-order valence-corrected chi connectivity index (χ4v) is 3.97. The van der Waals surface area contributed by atoms with Gasteiger partial charge in [-0.3, -0.25) is 9.59 Å². The summed E-state index contributed by atoms with van der Waals surface area (Å²) < 4.78 is 0.876. The van der Waals surface area contributed by atoms with Gasteiger partial charge in [0.25, 0.3) is 5.91 Å². The van der Waals surface area contributed by atoms with Gasteiger partial charge in [0, 0.05) is 28.8 Å². The molecule has 2 heterocycles. The Hall–Kier alpha value is -2.14. The van der Waals surface area contributed by atoms with E-state index in [2.05, 4.69) is 21.2 Å². The van der Waals surface area contributed by atoms with Crippen molar-refractivity contribution in [3.8, 4) is 0 Å². The number of benzene rings is 2. The molecular formula is C18H15BrN2O2. The van der Waals surface area contributed by atoms with Crippen LogP contribution in [0.2, 0.25) is 0 Å². The summed E-state index contributed by atoms with van der Waals surface area (Å²) in [5, 5.41) is 2.95. The van der Waals surface area contributed by atoms with E-state index in [0.29, 0.717) is 25.1 Å². The number of hydrogen-bond acceptors (Lipinski definition) is 2. The highest BCUT2D eigenvalue weighted by atomic mass is 79.9. The summed E-state index contributed by atoms with van der Waals surface area (Å²) in [6.45, 7) is 1.02. The van der Waals surface area contributed by atoms with Crippen LogP contribution in [-0.4, -0.2) is 29.8 Å². The van der Waals surface area contributed by atoms with Gasteiger partial charge in [-0.05, 0) is 36.2 Å². The van der Waals surface area contributed by atoms with Crippen molar-refractivity contribution in [2.75, 3.05) is 18.4 Å². The first kappa shape index (κ1) is 14.5. The van der Waals surface area contributed by atoms with Crippen molar-refractivity contribution >= 4 is 33.4 Å². The van der Waals surface area contributed by atoms with Crippen LogP contribution in [0.1, 0.15) is 22.3 Å². The van der Waals surface area contributed by atoms with Crippen LogP contribution >= 0.6 is 15.9 Å². The number of carbonyl (C=O) groups is 2. The van der Waals surface area contributed by atoms with E-state index in [1.165, 1.54) is 0 Å². The minimum absolute atomic E-state index is 0.00300. The van der Waals surface area contributed by atoms with Crippen LogP contribution in [0.5, 0.6) is 0 Å². The molecule has 116 valence electrons. The van der Waals surface area contributed by atoms with E-state index in [0.717, 1.165) is 15.7 Å². The Morgan fingerprint density at radius 3 is 2.83 bits per heavy atom. The molecule has 4 rings (SSSR count). The second kappa shape index (κ2) is 5.20. The zero-order chi connectivity index (χ0) is 16.0. The van der Waals surface area contributed by atoms with Gasteiger partial charge in [-0.15, -0.1) is 0 Å². The fraction of sp³-hybridized carbons (Fsp3) is 0.222. The maximum absolute atomic E-state index is 12.7.